The standard InChI is InChI=1S/C13H7Br2ClF2N2O2/c14-7-3-6(11(21)9(15)4-7)1-2-8-5-10(13(16,17)18)20-12(22)19-8/h1-5,21H,(H,19,20,22). The molecule has 2 rings (SSSR count). The van der Waals surface area contributed by atoms with Gasteiger partial charge in [0, 0.05) is 10.0 Å². The highest BCUT2D eigenvalue weighted by Gasteiger charge is 2.29. The number of H-pyrrole nitrogens is 1. The first-order valence-electron chi connectivity index (χ1n) is 5.71. The lowest BCUT2D eigenvalue weighted by atomic mass is 10.1. The summed E-state index contributed by atoms with van der Waals surface area (Å²) in [4.78, 5) is 16.7. The van der Waals surface area contributed by atoms with Crippen LogP contribution in [0.4, 0.5) is 8.78 Å². The molecule has 0 saturated heterocycles. The number of phenolic OH excluding ortho intramolecular Hbond substituents is 1. The van der Waals surface area contributed by atoms with E-state index in [0.29, 0.717) is 14.5 Å². The van der Waals surface area contributed by atoms with E-state index in [0.717, 1.165) is 6.07 Å². The fourth-order valence-corrected chi connectivity index (χ4v) is 2.96. The Morgan fingerprint density at radius 1 is 1.27 bits per heavy atom. The number of nitrogens with zero attached hydrogens (tertiary/aromatic N) is 1. The zero-order chi connectivity index (χ0) is 16.5. The van der Waals surface area contributed by atoms with Crippen molar-refractivity contribution in [2.45, 2.75) is 5.38 Å². The van der Waals surface area contributed by atoms with Gasteiger partial charge < -0.3 is 10.1 Å². The van der Waals surface area contributed by atoms with Crippen molar-refractivity contribution in [3.05, 3.63) is 54.6 Å². The van der Waals surface area contributed by atoms with Crippen LogP contribution in [0.3, 0.4) is 0 Å². The SMILES string of the molecule is O=c1nc(C=Cc2cc(Br)cc(Br)c2O)cc(C(F)(F)Cl)[nH]1. The second-order valence-corrected chi connectivity index (χ2v) is 6.43. The van der Waals surface area contributed by atoms with Crippen LogP contribution in [0.5, 0.6) is 5.75 Å². The number of rotatable bonds is 3. The Morgan fingerprint density at radius 3 is 2.59 bits per heavy atom. The number of halogens is 5. The summed E-state index contributed by atoms with van der Waals surface area (Å²) in [5, 5.41) is 6.19. The molecule has 116 valence electrons. The quantitative estimate of drug-likeness (QED) is 0.671. The molecule has 22 heavy (non-hydrogen) atoms. The first-order valence-corrected chi connectivity index (χ1v) is 7.68. The van der Waals surface area contributed by atoms with Crippen LogP contribution in [0, 0.1) is 0 Å². The highest BCUT2D eigenvalue weighted by molar-refractivity contribution is 9.11. The second-order valence-electron chi connectivity index (χ2n) is 4.18. The molecule has 0 saturated carbocycles. The molecular weight excluding hydrogens is 449 g/mol. The van der Waals surface area contributed by atoms with Crippen molar-refractivity contribution in [2.75, 3.05) is 0 Å². The van der Waals surface area contributed by atoms with Crippen LogP contribution >= 0.6 is 43.5 Å². The van der Waals surface area contributed by atoms with Gasteiger partial charge in [-0.15, -0.1) is 0 Å². The molecule has 0 aliphatic rings. The van der Waals surface area contributed by atoms with Crippen LogP contribution in [0.25, 0.3) is 12.2 Å². The van der Waals surface area contributed by atoms with E-state index >= 15 is 0 Å². The van der Waals surface area contributed by atoms with E-state index in [9.17, 15) is 18.7 Å². The Hall–Kier alpha value is -1.25. The molecule has 1 aromatic heterocycles. The summed E-state index contributed by atoms with van der Waals surface area (Å²) in [5.74, 6) is -0.0350. The fourth-order valence-electron chi connectivity index (χ4n) is 1.60. The third kappa shape index (κ3) is 4.15. The average Bonchev–Trinajstić information content (AvgIpc) is 2.39. The van der Waals surface area contributed by atoms with Gasteiger partial charge in [-0.1, -0.05) is 15.9 Å². The zero-order valence-corrected chi connectivity index (χ0v) is 14.5. The van der Waals surface area contributed by atoms with Gasteiger partial charge in [0.25, 0.3) is 0 Å². The van der Waals surface area contributed by atoms with E-state index in [-0.39, 0.29) is 11.4 Å². The number of benzene rings is 1. The van der Waals surface area contributed by atoms with E-state index in [4.69, 9.17) is 11.6 Å². The van der Waals surface area contributed by atoms with Gasteiger partial charge in [0.2, 0.25) is 0 Å². The van der Waals surface area contributed by atoms with Crippen molar-refractivity contribution in [1.29, 1.82) is 0 Å². The van der Waals surface area contributed by atoms with Crippen molar-refractivity contribution in [2.24, 2.45) is 0 Å². The Labute approximate surface area is 145 Å². The second kappa shape index (κ2) is 6.47. The number of aromatic hydroxyl groups is 1. The predicted octanol–water partition coefficient (Wildman–Crippen LogP) is 4.46. The van der Waals surface area contributed by atoms with Crippen molar-refractivity contribution in [1.82, 2.24) is 9.97 Å². The number of hydrogen-bond donors (Lipinski definition) is 2. The normalized spacial score (nSPS) is 12.0. The molecule has 0 aliphatic carbocycles. The molecule has 0 bridgehead atoms. The summed E-state index contributed by atoms with van der Waals surface area (Å²) in [6, 6.07) is 4.21. The highest BCUT2D eigenvalue weighted by Crippen LogP contribution is 2.33. The molecular formula is C13H7Br2ClF2N2O2. The van der Waals surface area contributed by atoms with Crippen LogP contribution in [0.1, 0.15) is 17.0 Å². The van der Waals surface area contributed by atoms with Crippen molar-refractivity contribution in [3.63, 3.8) is 0 Å². The molecule has 2 aromatic rings. The lowest BCUT2D eigenvalue weighted by Crippen LogP contribution is -2.18. The number of aromatic amines is 1. The van der Waals surface area contributed by atoms with Gasteiger partial charge in [-0.3, -0.25) is 0 Å². The number of alkyl halides is 3. The number of aromatic nitrogens is 2. The van der Waals surface area contributed by atoms with Crippen molar-refractivity contribution >= 4 is 55.6 Å². The van der Waals surface area contributed by atoms with Crippen LogP contribution in [-0.2, 0) is 5.38 Å². The smallest absolute Gasteiger partial charge is 0.362 e. The van der Waals surface area contributed by atoms with Gasteiger partial charge in [0.15, 0.2) is 0 Å². The lowest BCUT2D eigenvalue weighted by Gasteiger charge is -2.07. The average molecular weight is 456 g/mol. The fraction of sp³-hybridized carbons (Fsp3) is 0.0769. The summed E-state index contributed by atoms with van der Waals surface area (Å²) in [7, 11) is 0. The molecule has 0 fully saturated rings. The molecule has 9 heteroatoms. The Bertz CT molecular complexity index is 804. The van der Waals surface area contributed by atoms with E-state index in [1.54, 1.807) is 12.1 Å². The lowest BCUT2D eigenvalue weighted by molar-refractivity contribution is 0.0894. The van der Waals surface area contributed by atoms with Crippen LogP contribution in [-0.4, -0.2) is 15.1 Å². The minimum Gasteiger partial charge on any atom is -0.506 e. The van der Waals surface area contributed by atoms with E-state index in [1.807, 2.05) is 4.98 Å². The van der Waals surface area contributed by atoms with Gasteiger partial charge in [-0.25, -0.2) is 4.79 Å². The summed E-state index contributed by atoms with van der Waals surface area (Å²) < 4.78 is 27.2. The van der Waals surface area contributed by atoms with Gasteiger partial charge in [-0.2, -0.15) is 13.8 Å². The molecule has 4 nitrogen and oxygen atoms in total. The minimum atomic E-state index is -3.70. The molecule has 0 amide bonds. The van der Waals surface area contributed by atoms with E-state index < -0.39 is 16.8 Å². The maximum absolute atomic E-state index is 13.0. The van der Waals surface area contributed by atoms with Crippen LogP contribution < -0.4 is 5.69 Å². The largest absolute Gasteiger partial charge is 0.506 e. The number of nitrogens with one attached hydrogen (secondary N) is 1. The first kappa shape index (κ1) is 17.1. The summed E-state index contributed by atoms with van der Waals surface area (Å²) >= 11 is 11.3. The molecule has 0 atom stereocenters. The first-order chi connectivity index (χ1) is 10.2. The molecule has 1 aromatic carbocycles. The molecule has 0 aliphatic heterocycles. The van der Waals surface area contributed by atoms with Crippen LogP contribution in [0.15, 0.2) is 31.9 Å². The molecule has 2 N–H and O–H groups in total. The molecule has 0 unspecified atom stereocenters. The summed E-state index contributed by atoms with van der Waals surface area (Å²) in [5.41, 5.74) is -1.32. The number of phenols is 1. The Kier molecular flexibility index (Phi) is 5.03. The van der Waals surface area contributed by atoms with E-state index in [2.05, 4.69) is 36.8 Å². The van der Waals surface area contributed by atoms with Crippen molar-refractivity contribution in [3.8, 4) is 5.75 Å². The third-order valence-corrected chi connectivity index (χ3v) is 3.83. The maximum atomic E-state index is 13.0. The topological polar surface area (TPSA) is 66.0 Å². The Morgan fingerprint density at radius 2 is 1.95 bits per heavy atom. The molecule has 0 radical (unpaired) electrons. The monoisotopic (exact) mass is 454 g/mol. The predicted molar refractivity (Wildman–Crippen MR) is 87.0 cm³/mol. The van der Waals surface area contributed by atoms with Gasteiger partial charge >= 0.3 is 11.1 Å². The van der Waals surface area contributed by atoms with E-state index in [1.165, 1.54) is 12.2 Å². The highest BCUT2D eigenvalue weighted by atomic mass is 79.9. The van der Waals surface area contributed by atoms with Gasteiger partial charge in [0.1, 0.15) is 11.4 Å². The van der Waals surface area contributed by atoms with Crippen molar-refractivity contribution < 1.29 is 13.9 Å². The number of hydrogen-bond acceptors (Lipinski definition) is 3. The zero-order valence-electron chi connectivity index (χ0n) is 10.6. The maximum Gasteiger partial charge on any atom is 0.362 e. The third-order valence-electron chi connectivity index (χ3n) is 2.56. The van der Waals surface area contributed by atoms with Gasteiger partial charge in [0.05, 0.1) is 10.2 Å². The summed E-state index contributed by atoms with van der Waals surface area (Å²) in [6.45, 7) is 0. The molecule has 0 spiro atoms. The summed E-state index contributed by atoms with van der Waals surface area (Å²) in [6.07, 6.45) is 2.75. The van der Waals surface area contributed by atoms with Gasteiger partial charge in [-0.05, 0) is 57.9 Å². The van der Waals surface area contributed by atoms with Crippen LogP contribution in [0.2, 0.25) is 0 Å². The molecule has 1 heterocycles. The Balaban J connectivity index is 2.43. The minimum absolute atomic E-state index is 0.0189.